The van der Waals surface area contributed by atoms with Crippen LogP contribution in [-0.4, -0.2) is 24.0 Å². The lowest BCUT2D eigenvalue weighted by molar-refractivity contribution is -0.107. The number of ether oxygens (including phenoxy) is 1. The second kappa shape index (κ2) is 9.14. The van der Waals surface area contributed by atoms with E-state index in [2.05, 4.69) is 0 Å². The highest BCUT2D eigenvalue weighted by molar-refractivity contribution is 5.87. The van der Waals surface area contributed by atoms with Gasteiger partial charge in [-0.3, -0.25) is 0 Å². The lowest BCUT2D eigenvalue weighted by Gasteiger charge is -2.06. The molecule has 1 rings (SSSR count). The van der Waals surface area contributed by atoms with Crippen molar-refractivity contribution in [2.24, 2.45) is 0 Å². The van der Waals surface area contributed by atoms with Gasteiger partial charge in [0, 0.05) is 6.42 Å². The molecule has 0 aromatic heterocycles. The first-order valence-corrected chi connectivity index (χ1v) is 6.64. The molecule has 104 valence electrons. The number of hydrogen-bond donors (Lipinski definition) is 1. The van der Waals surface area contributed by atoms with Gasteiger partial charge in [-0.15, -0.1) is 0 Å². The number of carboxylic acids is 1. The van der Waals surface area contributed by atoms with Crippen LogP contribution in [-0.2, 0) is 4.79 Å². The summed E-state index contributed by atoms with van der Waals surface area (Å²) in [5, 5.41) is 8.75. The van der Waals surface area contributed by atoms with Gasteiger partial charge in [0.15, 0.2) is 0 Å². The molecular weight excluding hydrogens is 244 g/mol. The van der Waals surface area contributed by atoms with Crippen LogP contribution >= 0.6 is 0 Å². The van der Waals surface area contributed by atoms with Crippen molar-refractivity contribution in [3.63, 3.8) is 0 Å². The quantitative estimate of drug-likeness (QED) is 0.520. The molecule has 1 aromatic carbocycles. The van der Waals surface area contributed by atoms with Crippen LogP contribution < -0.4 is 4.74 Å². The van der Waals surface area contributed by atoms with E-state index >= 15 is 0 Å². The molecule has 0 bridgehead atoms. The van der Waals surface area contributed by atoms with Gasteiger partial charge in [0.2, 0.25) is 0 Å². The predicted molar refractivity (Wildman–Crippen MR) is 72.7 cm³/mol. The molecule has 1 N–H and O–H groups in total. The van der Waals surface area contributed by atoms with Gasteiger partial charge < -0.3 is 14.6 Å². The first-order chi connectivity index (χ1) is 9.24. The van der Waals surface area contributed by atoms with E-state index in [0.717, 1.165) is 38.4 Å². The minimum Gasteiger partial charge on any atom is -0.494 e. The number of rotatable bonds is 10. The molecule has 0 aliphatic carbocycles. The van der Waals surface area contributed by atoms with Crippen molar-refractivity contribution < 1.29 is 19.4 Å². The van der Waals surface area contributed by atoms with Gasteiger partial charge in [-0.05, 0) is 37.1 Å². The van der Waals surface area contributed by atoms with Crippen molar-refractivity contribution in [3.05, 3.63) is 29.8 Å². The van der Waals surface area contributed by atoms with Crippen molar-refractivity contribution in [3.8, 4) is 5.75 Å². The number of carboxylic acid groups (broad SMARTS) is 1. The van der Waals surface area contributed by atoms with Crippen LogP contribution in [0.4, 0.5) is 0 Å². The zero-order valence-corrected chi connectivity index (χ0v) is 11.0. The second-order valence-electron chi connectivity index (χ2n) is 4.40. The molecule has 0 atom stereocenters. The molecule has 4 nitrogen and oxygen atoms in total. The maximum atomic E-state index is 10.7. The fourth-order valence-electron chi connectivity index (χ4n) is 1.74. The van der Waals surface area contributed by atoms with Crippen molar-refractivity contribution in [1.29, 1.82) is 0 Å². The van der Waals surface area contributed by atoms with Gasteiger partial charge in [0.1, 0.15) is 12.0 Å². The Morgan fingerprint density at radius 3 is 2.32 bits per heavy atom. The highest BCUT2D eigenvalue weighted by Gasteiger charge is 2.01. The maximum absolute atomic E-state index is 10.7. The second-order valence-corrected chi connectivity index (χ2v) is 4.40. The number of hydrogen-bond acceptors (Lipinski definition) is 3. The standard InChI is InChI=1S/C15H20O4/c16-11-5-3-1-2-4-6-12-19-14-9-7-13(8-10-14)15(17)18/h7-11H,1-6,12H2,(H,17,18). The zero-order valence-electron chi connectivity index (χ0n) is 11.0. The number of benzene rings is 1. The van der Waals surface area contributed by atoms with E-state index in [9.17, 15) is 9.59 Å². The van der Waals surface area contributed by atoms with Crippen molar-refractivity contribution in [2.45, 2.75) is 38.5 Å². The third-order valence-corrected chi connectivity index (χ3v) is 2.84. The largest absolute Gasteiger partial charge is 0.494 e. The van der Waals surface area contributed by atoms with E-state index in [1.54, 1.807) is 12.1 Å². The summed E-state index contributed by atoms with van der Waals surface area (Å²) in [6, 6.07) is 6.43. The summed E-state index contributed by atoms with van der Waals surface area (Å²) in [4.78, 5) is 20.8. The molecular formula is C15H20O4. The highest BCUT2D eigenvalue weighted by Crippen LogP contribution is 2.13. The number of unbranched alkanes of at least 4 members (excludes halogenated alkanes) is 5. The monoisotopic (exact) mass is 264 g/mol. The van der Waals surface area contributed by atoms with E-state index in [1.165, 1.54) is 12.1 Å². The lowest BCUT2D eigenvalue weighted by atomic mass is 10.1. The minimum absolute atomic E-state index is 0.266. The smallest absolute Gasteiger partial charge is 0.335 e. The van der Waals surface area contributed by atoms with E-state index < -0.39 is 5.97 Å². The Morgan fingerprint density at radius 1 is 1.05 bits per heavy atom. The van der Waals surface area contributed by atoms with E-state index in [0.29, 0.717) is 18.8 Å². The average Bonchev–Trinajstić information content (AvgIpc) is 2.42. The number of aldehydes is 1. The molecule has 0 radical (unpaired) electrons. The molecule has 19 heavy (non-hydrogen) atoms. The topological polar surface area (TPSA) is 63.6 Å². The molecule has 0 spiro atoms. The Hall–Kier alpha value is -1.84. The van der Waals surface area contributed by atoms with Crippen molar-refractivity contribution in [2.75, 3.05) is 6.61 Å². The predicted octanol–water partition coefficient (Wildman–Crippen LogP) is 3.30. The molecule has 0 aliphatic heterocycles. The summed E-state index contributed by atoms with van der Waals surface area (Å²) in [6.07, 6.45) is 6.87. The molecule has 0 aliphatic rings. The molecule has 0 heterocycles. The Kier molecular flexibility index (Phi) is 7.32. The van der Waals surface area contributed by atoms with Gasteiger partial charge in [0.25, 0.3) is 0 Å². The molecule has 4 heteroatoms. The van der Waals surface area contributed by atoms with Crippen LogP contribution in [0.5, 0.6) is 5.75 Å². The first kappa shape index (κ1) is 15.2. The Morgan fingerprint density at radius 2 is 1.68 bits per heavy atom. The van der Waals surface area contributed by atoms with Gasteiger partial charge >= 0.3 is 5.97 Å². The van der Waals surface area contributed by atoms with Gasteiger partial charge in [-0.25, -0.2) is 4.79 Å². The van der Waals surface area contributed by atoms with Crippen LogP contribution in [0.2, 0.25) is 0 Å². The zero-order chi connectivity index (χ0) is 13.9. The fourth-order valence-corrected chi connectivity index (χ4v) is 1.74. The highest BCUT2D eigenvalue weighted by atomic mass is 16.5. The average molecular weight is 264 g/mol. The SMILES string of the molecule is O=CCCCCCCCOc1ccc(C(=O)O)cc1. The van der Waals surface area contributed by atoms with Gasteiger partial charge in [-0.1, -0.05) is 19.3 Å². The lowest BCUT2D eigenvalue weighted by Crippen LogP contribution is -1.99. The Labute approximate surface area is 113 Å². The summed E-state index contributed by atoms with van der Waals surface area (Å²) < 4.78 is 5.52. The Balaban J connectivity index is 2.09. The Bertz CT molecular complexity index is 384. The van der Waals surface area contributed by atoms with Crippen LogP contribution in [0.15, 0.2) is 24.3 Å². The molecule has 0 unspecified atom stereocenters. The molecule has 0 saturated heterocycles. The van der Waals surface area contributed by atoms with Crippen molar-refractivity contribution >= 4 is 12.3 Å². The summed E-state index contributed by atoms with van der Waals surface area (Å²) in [5.41, 5.74) is 0.266. The minimum atomic E-state index is -0.929. The molecule has 0 amide bonds. The van der Waals surface area contributed by atoms with Crippen molar-refractivity contribution in [1.82, 2.24) is 0 Å². The summed E-state index contributed by atoms with van der Waals surface area (Å²) in [7, 11) is 0. The third-order valence-electron chi connectivity index (χ3n) is 2.84. The van der Waals surface area contributed by atoms with Crippen LogP contribution in [0.3, 0.4) is 0 Å². The van der Waals surface area contributed by atoms with Crippen LogP contribution in [0.1, 0.15) is 48.9 Å². The van der Waals surface area contributed by atoms with Crippen LogP contribution in [0.25, 0.3) is 0 Å². The normalized spacial score (nSPS) is 10.1. The van der Waals surface area contributed by atoms with E-state index in [1.807, 2.05) is 0 Å². The summed E-state index contributed by atoms with van der Waals surface area (Å²) in [5.74, 6) is -0.229. The third kappa shape index (κ3) is 6.60. The maximum Gasteiger partial charge on any atom is 0.335 e. The fraction of sp³-hybridized carbons (Fsp3) is 0.467. The molecule has 0 fully saturated rings. The first-order valence-electron chi connectivity index (χ1n) is 6.64. The van der Waals surface area contributed by atoms with Gasteiger partial charge in [-0.2, -0.15) is 0 Å². The van der Waals surface area contributed by atoms with Gasteiger partial charge in [0.05, 0.1) is 12.2 Å². The summed E-state index contributed by atoms with van der Waals surface area (Å²) in [6.45, 7) is 0.639. The van der Waals surface area contributed by atoms with Crippen LogP contribution in [0, 0.1) is 0 Å². The number of carbonyl (C=O) groups excluding carboxylic acids is 1. The summed E-state index contributed by atoms with van der Waals surface area (Å²) >= 11 is 0. The number of carbonyl (C=O) groups is 2. The molecule has 0 saturated carbocycles. The number of aromatic carboxylic acids is 1. The molecule has 1 aromatic rings. The van der Waals surface area contributed by atoms with E-state index in [-0.39, 0.29) is 5.56 Å². The van der Waals surface area contributed by atoms with E-state index in [4.69, 9.17) is 9.84 Å².